The lowest BCUT2D eigenvalue weighted by atomic mass is 10.0. The van der Waals surface area contributed by atoms with Crippen molar-refractivity contribution in [3.8, 4) is 0 Å². The summed E-state index contributed by atoms with van der Waals surface area (Å²) < 4.78 is 16.9. The Balaban J connectivity index is 4.16. The van der Waals surface area contributed by atoms with Crippen LogP contribution in [-0.2, 0) is 28.6 Å². The van der Waals surface area contributed by atoms with Gasteiger partial charge in [-0.2, -0.15) is 0 Å². The summed E-state index contributed by atoms with van der Waals surface area (Å²) in [5.41, 5.74) is 0. The third-order valence-electron chi connectivity index (χ3n) is 15.2. The normalized spacial score (nSPS) is 12.5. The first-order valence-electron chi connectivity index (χ1n) is 34.4. The maximum absolute atomic E-state index is 12.9. The highest BCUT2D eigenvalue weighted by Crippen LogP contribution is 2.17. The molecule has 0 aliphatic heterocycles. The molecule has 0 aliphatic rings. The van der Waals surface area contributed by atoms with Gasteiger partial charge in [0.1, 0.15) is 13.2 Å². The van der Waals surface area contributed by atoms with Crippen molar-refractivity contribution in [2.75, 3.05) is 13.2 Å². The van der Waals surface area contributed by atoms with Gasteiger partial charge in [-0.05, 0) is 89.9 Å². The lowest BCUT2D eigenvalue weighted by molar-refractivity contribution is -0.167. The minimum Gasteiger partial charge on any atom is -0.462 e. The molecule has 6 heteroatoms. The molecule has 6 nitrogen and oxygen atoms in total. The van der Waals surface area contributed by atoms with Crippen LogP contribution in [0.1, 0.15) is 355 Å². The molecule has 0 saturated heterocycles. The first-order valence-corrected chi connectivity index (χ1v) is 34.4. The Hall–Kier alpha value is -3.15. The smallest absolute Gasteiger partial charge is 0.306 e. The van der Waals surface area contributed by atoms with Crippen LogP contribution in [0.4, 0.5) is 0 Å². The van der Waals surface area contributed by atoms with E-state index in [4.69, 9.17) is 14.2 Å². The van der Waals surface area contributed by atoms with Crippen molar-refractivity contribution >= 4 is 17.9 Å². The van der Waals surface area contributed by atoms with Gasteiger partial charge in [-0.25, -0.2) is 0 Å². The van der Waals surface area contributed by atoms with Gasteiger partial charge in [0.05, 0.1) is 0 Å². The molecular weight excluding hydrogens is 973 g/mol. The van der Waals surface area contributed by atoms with E-state index in [1.165, 1.54) is 218 Å². The number of carbonyl (C=O) groups excluding carboxylic acids is 3. The van der Waals surface area contributed by atoms with Crippen molar-refractivity contribution in [3.05, 3.63) is 72.9 Å². The summed E-state index contributed by atoms with van der Waals surface area (Å²) in [7, 11) is 0. The Morgan fingerprint density at radius 3 is 0.785 bits per heavy atom. The Morgan fingerprint density at radius 1 is 0.266 bits per heavy atom. The maximum atomic E-state index is 12.9. The summed E-state index contributed by atoms with van der Waals surface area (Å²) in [6.07, 6.45) is 88.0. The molecule has 0 saturated carbocycles. The SMILES string of the molecule is CC/C=C\C/C=C\C/C=C\C/C=C\C/C=C\CCCCCCCCCCCC(=O)OC(COC(=O)CCCCCCCCCCC)COC(=O)CCCCCCCCCCCCCCCCC/C=C\CCCCCCCCCC. The summed E-state index contributed by atoms with van der Waals surface area (Å²) >= 11 is 0. The van der Waals surface area contributed by atoms with E-state index in [9.17, 15) is 14.4 Å². The number of hydrogen-bond donors (Lipinski definition) is 0. The fourth-order valence-electron chi connectivity index (χ4n) is 10.1. The van der Waals surface area contributed by atoms with Gasteiger partial charge >= 0.3 is 17.9 Å². The molecule has 0 radical (unpaired) electrons. The van der Waals surface area contributed by atoms with E-state index in [-0.39, 0.29) is 31.1 Å². The molecule has 0 heterocycles. The van der Waals surface area contributed by atoms with Crippen LogP contribution in [0.15, 0.2) is 72.9 Å². The van der Waals surface area contributed by atoms with Crippen LogP contribution in [0.2, 0.25) is 0 Å². The summed E-state index contributed by atoms with van der Waals surface area (Å²) in [5, 5.41) is 0. The lowest BCUT2D eigenvalue weighted by Crippen LogP contribution is -2.30. The summed E-state index contributed by atoms with van der Waals surface area (Å²) in [6, 6.07) is 0. The molecule has 0 aromatic carbocycles. The molecule has 0 spiro atoms. The van der Waals surface area contributed by atoms with Crippen molar-refractivity contribution in [2.45, 2.75) is 361 Å². The molecule has 0 aromatic rings. The van der Waals surface area contributed by atoms with Crippen LogP contribution in [0.5, 0.6) is 0 Å². The van der Waals surface area contributed by atoms with E-state index in [1.807, 2.05) is 0 Å². The van der Waals surface area contributed by atoms with Crippen LogP contribution in [0.25, 0.3) is 0 Å². The Morgan fingerprint density at radius 2 is 0.494 bits per heavy atom. The van der Waals surface area contributed by atoms with E-state index in [1.54, 1.807) is 0 Å². The highest BCUT2D eigenvalue weighted by Gasteiger charge is 2.19. The van der Waals surface area contributed by atoms with Gasteiger partial charge in [-0.3, -0.25) is 14.4 Å². The molecule has 1 atom stereocenters. The lowest BCUT2D eigenvalue weighted by Gasteiger charge is -2.18. The predicted molar refractivity (Wildman–Crippen MR) is 344 cm³/mol. The second-order valence-corrected chi connectivity index (χ2v) is 23.1. The van der Waals surface area contributed by atoms with Crippen molar-refractivity contribution in [1.29, 1.82) is 0 Å². The van der Waals surface area contributed by atoms with Gasteiger partial charge in [0, 0.05) is 19.3 Å². The Labute approximate surface area is 491 Å². The standard InChI is InChI=1S/C73H130O6/c1-4-7-10-13-16-19-21-23-25-27-29-31-33-35-36-38-39-41-43-45-47-49-51-54-57-60-63-66-72(75)78-69-70(68-77-71(74)65-62-59-56-53-18-15-12-9-6-3)79-73(76)67-64-61-58-55-52-50-48-46-44-42-40-37-34-32-30-28-26-24-22-20-17-14-11-8-5-2/h8,11,17,20,24,26-27,29-30,32,37,40,70H,4-7,9-10,12-16,18-19,21-23,25,28,31,33-36,38-39,41-69H2,1-3H3/b11-8-,20-17-,26-24-,29-27-,32-30-,40-37-. The quantitative estimate of drug-likeness (QED) is 0.0261. The third-order valence-corrected chi connectivity index (χ3v) is 15.2. The van der Waals surface area contributed by atoms with E-state index in [0.717, 1.165) is 96.3 Å². The molecule has 1 unspecified atom stereocenters. The van der Waals surface area contributed by atoms with Crippen LogP contribution in [0.3, 0.4) is 0 Å². The van der Waals surface area contributed by atoms with Crippen molar-refractivity contribution in [3.63, 3.8) is 0 Å². The molecule has 0 aliphatic carbocycles. The van der Waals surface area contributed by atoms with Crippen molar-refractivity contribution in [2.24, 2.45) is 0 Å². The predicted octanol–water partition coefficient (Wildman–Crippen LogP) is 23.7. The van der Waals surface area contributed by atoms with Gasteiger partial charge in [-0.1, -0.05) is 318 Å². The zero-order chi connectivity index (χ0) is 57.1. The van der Waals surface area contributed by atoms with Gasteiger partial charge in [0.25, 0.3) is 0 Å². The second kappa shape index (κ2) is 67.4. The topological polar surface area (TPSA) is 78.9 Å². The molecule has 0 bridgehead atoms. The first-order chi connectivity index (χ1) is 39.0. The van der Waals surface area contributed by atoms with Crippen LogP contribution in [0, 0.1) is 0 Å². The largest absolute Gasteiger partial charge is 0.462 e. The fourth-order valence-corrected chi connectivity index (χ4v) is 10.1. The van der Waals surface area contributed by atoms with E-state index in [2.05, 4.69) is 93.7 Å². The van der Waals surface area contributed by atoms with Crippen molar-refractivity contribution < 1.29 is 28.6 Å². The number of allylic oxidation sites excluding steroid dienone is 12. The number of carbonyl (C=O) groups is 3. The van der Waals surface area contributed by atoms with Crippen LogP contribution in [-0.4, -0.2) is 37.2 Å². The number of rotatable bonds is 63. The van der Waals surface area contributed by atoms with Crippen LogP contribution < -0.4 is 0 Å². The highest BCUT2D eigenvalue weighted by atomic mass is 16.6. The number of esters is 3. The first kappa shape index (κ1) is 75.8. The van der Waals surface area contributed by atoms with E-state index >= 15 is 0 Å². The highest BCUT2D eigenvalue weighted by molar-refractivity contribution is 5.71. The Bertz CT molecular complexity index is 1450. The van der Waals surface area contributed by atoms with Crippen LogP contribution >= 0.6 is 0 Å². The number of ether oxygens (including phenoxy) is 3. The molecule has 458 valence electrons. The number of hydrogen-bond acceptors (Lipinski definition) is 6. The van der Waals surface area contributed by atoms with Gasteiger partial charge in [0.15, 0.2) is 6.10 Å². The molecule has 0 amide bonds. The van der Waals surface area contributed by atoms with E-state index < -0.39 is 6.10 Å². The van der Waals surface area contributed by atoms with E-state index in [0.29, 0.717) is 19.3 Å². The zero-order valence-corrected chi connectivity index (χ0v) is 52.6. The molecule has 79 heavy (non-hydrogen) atoms. The zero-order valence-electron chi connectivity index (χ0n) is 52.6. The Kier molecular flexibility index (Phi) is 64.7. The average molecular weight is 1100 g/mol. The van der Waals surface area contributed by atoms with Gasteiger partial charge in [0.2, 0.25) is 0 Å². The minimum absolute atomic E-state index is 0.0739. The molecular formula is C73H130O6. The monoisotopic (exact) mass is 1100 g/mol. The second-order valence-electron chi connectivity index (χ2n) is 23.1. The third kappa shape index (κ3) is 65.5. The van der Waals surface area contributed by atoms with Gasteiger partial charge < -0.3 is 14.2 Å². The van der Waals surface area contributed by atoms with Gasteiger partial charge in [-0.15, -0.1) is 0 Å². The summed E-state index contributed by atoms with van der Waals surface area (Å²) in [4.78, 5) is 38.3. The summed E-state index contributed by atoms with van der Waals surface area (Å²) in [6.45, 7) is 6.55. The summed E-state index contributed by atoms with van der Waals surface area (Å²) in [5.74, 6) is -0.865. The maximum Gasteiger partial charge on any atom is 0.306 e. The molecule has 0 fully saturated rings. The minimum atomic E-state index is -0.777. The number of unbranched alkanes of at least 4 members (excludes halogenated alkanes) is 40. The molecule has 0 N–H and O–H groups in total. The fraction of sp³-hybridized carbons (Fsp3) is 0.795. The average Bonchev–Trinajstić information content (AvgIpc) is 3.45. The molecule has 0 rings (SSSR count). The van der Waals surface area contributed by atoms with Crippen molar-refractivity contribution in [1.82, 2.24) is 0 Å². The molecule has 0 aromatic heterocycles.